The zero-order chi connectivity index (χ0) is 20.2. The molecule has 2 aromatic heterocycles. The van der Waals surface area contributed by atoms with E-state index in [1.54, 1.807) is 12.1 Å². The van der Waals surface area contributed by atoms with E-state index in [-0.39, 0.29) is 4.90 Å². The molecule has 5 aromatic rings. The van der Waals surface area contributed by atoms with Gasteiger partial charge in [-0.2, -0.15) is 0 Å². The SMILES string of the molecule is Cc1ccc(S(=O)(=O)n2c3ccccc3c3c(C)oc(-c4ccccc4)c32)cc1. The molecule has 0 saturated heterocycles. The fourth-order valence-corrected chi connectivity index (χ4v) is 5.40. The zero-order valence-electron chi connectivity index (χ0n) is 16.1. The molecule has 0 aliphatic rings. The first kappa shape index (κ1) is 17.8. The third kappa shape index (κ3) is 2.62. The predicted molar refractivity (Wildman–Crippen MR) is 116 cm³/mol. The first-order valence-corrected chi connectivity index (χ1v) is 10.8. The highest BCUT2D eigenvalue weighted by Crippen LogP contribution is 2.41. The number of nitrogens with zero attached hydrogens (tertiary/aromatic N) is 1. The van der Waals surface area contributed by atoms with Crippen molar-refractivity contribution in [2.75, 3.05) is 0 Å². The van der Waals surface area contributed by atoms with Gasteiger partial charge in [-0.1, -0.05) is 66.2 Å². The first-order valence-electron chi connectivity index (χ1n) is 9.38. The summed E-state index contributed by atoms with van der Waals surface area (Å²) in [5, 5.41) is 1.69. The average molecular weight is 401 g/mol. The van der Waals surface area contributed by atoms with Crippen LogP contribution in [0.15, 0.2) is 88.2 Å². The summed E-state index contributed by atoms with van der Waals surface area (Å²) in [7, 11) is -3.83. The van der Waals surface area contributed by atoms with Crippen molar-refractivity contribution in [2.24, 2.45) is 0 Å². The molecule has 0 amide bonds. The molecule has 0 fully saturated rings. The second-order valence-electron chi connectivity index (χ2n) is 7.18. The number of para-hydroxylation sites is 1. The van der Waals surface area contributed by atoms with Gasteiger partial charge >= 0.3 is 0 Å². The Hall–Kier alpha value is -3.31. The third-order valence-electron chi connectivity index (χ3n) is 5.25. The van der Waals surface area contributed by atoms with Crippen LogP contribution in [0.3, 0.4) is 0 Å². The molecule has 4 nitrogen and oxygen atoms in total. The zero-order valence-corrected chi connectivity index (χ0v) is 16.9. The summed E-state index contributed by atoms with van der Waals surface area (Å²) in [6.07, 6.45) is 0. The predicted octanol–water partition coefficient (Wildman–Crippen LogP) is 5.91. The number of benzene rings is 3. The number of aryl methyl sites for hydroxylation is 2. The maximum atomic E-state index is 13.7. The summed E-state index contributed by atoms with van der Waals surface area (Å²) in [6.45, 7) is 3.82. The van der Waals surface area contributed by atoms with Crippen LogP contribution in [0.4, 0.5) is 0 Å². The van der Waals surface area contributed by atoms with E-state index >= 15 is 0 Å². The topological polar surface area (TPSA) is 52.2 Å². The highest BCUT2D eigenvalue weighted by molar-refractivity contribution is 7.90. The van der Waals surface area contributed by atoms with Crippen LogP contribution < -0.4 is 0 Å². The second kappa shape index (κ2) is 6.36. The molecule has 5 rings (SSSR count). The van der Waals surface area contributed by atoms with Gasteiger partial charge in [0, 0.05) is 10.9 Å². The summed E-state index contributed by atoms with van der Waals surface area (Å²) in [5.74, 6) is 1.26. The van der Waals surface area contributed by atoms with Gasteiger partial charge in [-0.25, -0.2) is 12.4 Å². The molecule has 0 aliphatic carbocycles. The summed E-state index contributed by atoms with van der Waals surface area (Å²) in [4.78, 5) is 0.253. The molecule has 0 unspecified atom stereocenters. The van der Waals surface area contributed by atoms with Crippen LogP contribution in [0.2, 0.25) is 0 Å². The number of fused-ring (bicyclic) bond motifs is 3. The molecule has 0 saturated carbocycles. The summed E-state index contributed by atoms with van der Waals surface area (Å²) in [5.41, 5.74) is 3.08. The Balaban J connectivity index is 1.95. The summed E-state index contributed by atoms with van der Waals surface area (Å²) < 4.78 is 35.0. The Labute approximate surface area is 169 Å². The number of hydrogen-bond acceptors (Lipinski definition) is 3. The van der Waals surface area contributed by atoms with E-state index in [0.29, 0.717) is 22.6 Å². The maximum absolute atomic E-state index is 13.7. The van der Waals surface area contributed by atoms with Gasteiger partial charge in [-0.3, -0.25) is 0 Å². The lowest BCUT2D eigenvalue weighted by atomic mass is 10.1. The molecule has 0 aliphatic heterocycles. The molecule has 29 heavy (non-hydrogen) atoms. The minimum absolute atomic E-state index is 0.253. The number of hydrogen-bond donors (Lipinski definition) is 0. The average Bonchev–Trinajstić information content (AvgIpc) is 3.25. The van der Waals surface area contributed by atoms with E-state index in [9.17, 15) is 8.42 Å². The van der Waals surface area contributed by atoms with Crippen LogP contribution in [0.5, 0.6) is 0 Å². The van der Waals surface area contributed by atoms with Crippen molar-refractivity contribution in [1.82, 2.24) is 3.97 Å². The third-order valence-corrected chi connectivity index (χ3v) is 6.98. The molecular weight excluding hydrogens is 382 g/mol. The lowest BCUT2D eigenvalue weighted by Crippen LogP contribution is -2.13. The maximum Gasteiger partial charge on any atom is 0.268 e. The number of rotatable bonds is 3. The Morgan fingerprint density at radius 1 is 0.793 bits per heavy atom. The van der Waals surface area contributed by atoms with E-state index in [1.807, 2.05) is 80.6 Å². The van der Waals surface area contributed by atoms with Crippen LogP contribution in [-0.4, -0.2) is 12.4 Å². The standard InChI is InChI=1S/C24H19NO3S/c1-16-12-14-19(15-13-16)29(26,27)25-21-11-7-6-10-20(21)22-17(2)28-24(23(22)25)18-8-4-3-5-9-18/h3-15H,1-2H3. The molecule has 0 atom stereocenters. The van der Waals surface area contributed by atoms with Gasteiger partial charge in [0.15, 0.2) is 5.76 Å². The second-order valence-corrected chi connectivity index (χ2v) is 8.96. The van der Waals surface area contributed by atoms with Crippen molar-refractivity contribution in [2.45, 2.75) is 18.7 Å². The number of aromatic nitrogens is 1. The molecule has 0 bridgehead atoms. The lowest BCUT2D eigenvalue weighted by molar-refractivity contribution is 0.552. The van der Waals surface area contributed by atoms with Gasteiger partial charge in [0.1, 0.15) is 11.3 Å². The Morgan fingerprint density at radius 2 is 1.45 bits per heavy atom. The fourth-order valence-electron chi connectivity index (χ4n) is 3.88. The minimum atomic E-state index is -3.83. The van der Waals surface area contributed by atoms with Crippen LogP contribution in [0.25, 0.3) is 33.1 Å². The Morgan fingerprint density at radius 3 is 2.17 bits per heavy atom. The molecule has 0 spiro atoms. The van der Waals surface area contributed by atoms with E-state index in [1.165, 1.54) is 3.97 Å². The largest absolute Gasteiger partial charge is 0.458 e. The van der Waals surface area contributed by atoms with Crippen LogP contribution >= 0.6 is 0 Å². The van der Waals surface area contributed by atoms with E-state index in [2.05, 4.69) is 0 Å². The van der Waals surface area contributed by atoms with Crippen molar-refractivity contribution >= 4 is 31.8 Å². The van der Waals surface area contributed by atoms with E-state index in [0.717, 1.165) is 21.9 Å². The van der Waals surface area contributed by atoms with Gasteiger partial charge in [-0.15, -0.1) is 0 Å². The molecule has 0 radical (unpaired) electrons. The van der Waals surface area contributed by atoms with Crippen molar-refractivity contribution in [1.29, 1.82) is 0 Å². The fraction of sp³-hybridized carbons (Fsp3) is 0.0833. The molecule has 0 N–H and O–H groups in total. The summed E-state index contributed by atoms with van der Waals surface area (Å²) in [6, 6.07) is 24.1. The molecule has 5 heteroatoms. The molecule has 2 heterocycles. The normalized spacial score (nSPS) is 12.1. The molecule has 3 aromatic carbocycles. The van der Waals surface area contributed by atoms with Crippen molar-refractivity contribution < 1.29 is 12.8 Å². The van der Waals surface area contributed by atoms with Gasteiger partial charge < -0.3 is 4.42 Å². The minimum Gasteiger partial charge on any atom is -0.458 e. The van der Waals surface area contributed by atoms with Crippen LogP contribution in [0, 0.1) is 13.8 Å². The van der Waals surface area contributed by atoms with Crippen molar-refractivity contribution in [3.05, 3.63) is 90.2 Å². The van der Waals surface area contributed by atoms with Gasteiger partial charge in [0.05, 0.1) is 15.8 Å². The molecule has 144 valence electrons. The Bertz CT molecular complexity index is 1460. The van der Waals surface area contributed by atoms with Crippen molar-refractivity contribution in [3.63, 3.8) is 0 Å². The number of furan rings is 1. The van der Waals surface area contributed by atoms with E-state index in [4.69, 9.17) is 4.42 Å². The first-order chi connectivity index (χ1) is 14.0. The van der Waals surface area contributed by atoms with Crippen LogP contribution in [0.1, 0.15) is 11.3 Å². The summed E-state index contributed by atoms with van der Waals surface area (Å²) >= 11 is 0. The highest BCUT2D eigenvalue weighted by Gasteiger charge is 2.28. The van der Waals surface area contributed by atoms with Crippen LogP contribution in [-0.2, 0) is 10.0 Å². The smallest absolute Gasteiger partial charge is 0.268 e. The van der Waals surface area contributed by atoms with Gasteiger partial charge in [0.25, 0.3) is 10.0 Å². The van der Waals surface area contributed by atoms with Gasteiger partial charge in [-0.05, 0) is 32.0 Å². The monoisotopic (exact) mass is 401 g/mol. The van der Waals surface area contributed by atoms with Gasteiger partial charge in [0.2, 0.25) is 0 Å². The highest BCUT2D eigenvalue weighted by atomic mass is 32.2. The van der Waals surface area contributed by atoms with E-state index < -0.39 is 10.0 Å². The molecular formula is C24H19NO3S. The Kier molecular flexibility index (Phi) is 3.89. The quantitative estimate of drug-likeness (QED) is 0.378. The lowest BCUT2D eigenvalue weighted by Gasteiger charge is -2.10. The van der Waals surface area contributed by atoms with Crippen molar-refractivity contribution in [3.8, 4) is 11.3 Å².